The summed E-state index contributed by atoms with van der Waals surface area (Å²) in [6.07, 6.45) is 1.86. The lowest BCUT2D eigenvalue weighted by Crippen LogP contribution is -2.32. The van der Waals surface area contributed by atoms with Gasteiger partial charge in [-0.2, -0.15) is 4.98 Å². The van der Waals surface area contributed by atoms with Crippen LogP contribution in [0.25, 0.3) is 11.4 Å². The number of nitrogens with zero attached hydrogens (tertiary/aromatic N) is 3. The maximum Gasteiger partial charge on any atom is 0.249 e. The van der Waals surface area contributed by atoms with E-state index in [0.717, 1.165) is 18.4 Å². The summed E-state index contributed by atoms with van der Waals surface area (Å²) < 4.78 is 18.5. The number of rotatable bonds is 4. The van der Waals surface area contributed by atoms with Gasteiger partial charge in [-0.25, -0.2) is 4.39 Å². The van der Waals surface area contributed by atoms with Crippen LogP contribution in [0.15, 0.2) is 53.1 Å². The fourth-order valence-electron chi connectivity index (χ4n) is 3.31. The maximum absolute atomic E-state index is 13.1. The van der Waals surface area contributed by atoms with Gasteiger partial charge in [0.2, 0.25) is 17.6 Å². The van der Waals surface area contributed by atoms with Crippen LogP contribution in [-0.2, 0) is 11.2 Å². The lowest BCUT2D eigenvalue weighted by molar-refractivity contribution is -0.131. The van der Waals surface area contributed by atoms with Crippen LogP contribution in [0.4, 0.5) is 4.39 Å². The minimum absolute atomic E-state index is 0.0212. The molecule has 1 aliphatic rings. The molecule has 3 aromatic rings. The lowest BCUT2D eigenvalue weighted by atomic mass is 10.1. The molecule has 1 atom stereocenters. The quantitative estimate of drug-likeness (QED) is 0.666. The number of amides is 1. The van der Waals surface area contributed by atoms with Crippen LogP contribution in [0.2, 0.25) is 5.02 Å². The van der Waals surface area contributed by atoms with E-state index in [1.165, 1.54) is 12.1 Å². The van der Waals surface area contributed by atoms with Crippen molar-refractivity contribution in [2.75, 3.05) is 6.54 Å². The normalized spacial score (nSPS) is 16.7. The Morgan fingerprint density at radius 2 is 2.00 bits per heavy atom. The Labute approximate surface area is 160 Å². The van der Waals surface area contributed by atoms with Crippen molar-refractivity contribution in [3.63, 3.8) is 0 Å². The molecule has 2 aromatic carbocycles. The smallest absolute Gasteiger partial charge is 0.249 e. The molecule has 2 heterocycles. The van der Waals surface area contributed by atoms with Gasteiger partial charge in [0.15, 0.2) is 0 Å². The first-order valence-electron chi connectivity index (χ1n) is 8.74. The van der Waals surface area contributed by atoms with Crippen molar-refractivity contribution in [3.05, 3.63) is 70.8 Å². The van der Waals surface area contributed by atoms with Gasteiger partial charge in [-0.3, -0.25) is 4.79 Å². The fraction of sp³-hybridized carbons (Fsp3) is 0.250. The van der Waals surface area contributed by atoms with E-state index in [9.17, 15) is 9.18 Å². The van der Waals surface area contributed by atoms with Crippen LogP contribution in [0.5, 0.6) is 0 Å². The van der Waals surface area contributed by atoms with Crippen molar-refractivity contribution in [2.45, 2.75) is 25.3 Å². The van der Waals surface area contributed by atoms with Crippen molar-refractivity contribution in [1.29, 1.82) is 0 Å². The van der Waals surface area contributed by atoms with E-state index in [0.29, 0.717) is 28.8 Å². The predicted octanol–water partition coefficient (Wildman–Crippen LogP) is 4.44. The molecule has 0 aliphatic carbocycles. The number of carbonyl (C=O) groups excluding carboxylic acids is 1. The van der Waals surface area contributed by atoms with Gasteiger partial charge in [-0.05, 0) is 48.7 Å². The molecule has 5 nitrogen and oxygen atoms in total. The average Bonchev–Trinajstić information content (AvgIpc) is 3.33. The van der Waals surface area contributed by atoms with Crippen molar-refractivity contribution in [2.24, 2.45) is 0 Å². The molecule has 0 bridgehead atoms. The van der Waals surface area contributed by atoms with Crippen molar-refractivity contribution < 1.29 is 13.7 Å². The third-order valence-electron chi connectivity index (χ3n) is 4.70. The number of hydrogen-bond acceptors (Lipinski definition) is 4. The maximum atomic E-state index is 13.1. The third-order valence-corrected chi connectivity index (χ3v) is 5.07. The Kier molecular flexibility index (Phi) is 4.90. The molecule has 1 saturated heterocycles. The van der Waals surface area contributed by atoms with Gasteiger partial charge in [0, 0.05) is 17.1 Å². The summed E-state index contributed by atoms with van der Waals surface area (Å²) in [5.74, 6) is 0.441. The summed E-state index contributed by atoms with van der Waals surface area (Å²) in [7, 11) is 0. The monoisotopic (exact) mass is 385 g/mol. The highest BCUT2D eigenvalue weighted by Crippen LogP contribution is 2.33. The molecular weight excluding hydrogens is 369 g/mol. The summed E-state index contributed by atoms with van der Waals surface area (Å²) >= 11 is 6.17. The van der Waals surface area contributed by atoms with Crippen molar-refractivity contribution in [1.82, 2.24) is 15.0 Å². The standard InChI is InChI=1S/C20H17ClFN3O2/c21-16-5-2-1-4-14(16)12-18(26)25-11-3-6-17(25)20-23-19(24-27-20)13-7-9-15(22)10-8-13/h1-2,4-5,7-10,17H,3,6,11-12H2/t17-/m0/s1. The molecule has 0 saturated carbocycles. The number of aromatic nitrogens is 2. The van der Waals surface area contributed by atoms with Crippen LogP contribution in [0, 0.1) is 5.82 Å². The molecule has 4 rings (SSSR count). The van der Waals surface area contributed by atoms with E-state index in [2.05, 4.69) is 10.1 Å². The first-order chi connectivity index (χ1) is 13.1. The Hall–Kier alpha value is -2.73. The number of likely N-dealkylation sites (tertiary alicyclic amines) is 1. The molecular formula is C20H17ClFN3O2. The van der Waals surface area contributed by atoms with Gasteiger partial charge in [-0.1, -0.05) is 35.0 Å². The van der Waals surface area contributed by atoms with E-state index in [1.54, 1.807) is 23.1 Å². The fourth-order valence-corrected chi connectivity index (χ4v) is 3.52. The molecule has 1 aromatic heterocycles. The summed E-state index contributed by atoms with van der Waals surface area (Å²) in [6, 6.07) is 13.0. The first kappa shape index (κ1) is 17.7. The summed E-state index contributed by atoms with van der Waals surface area (Å²) in [6.45, 7) is 0.641. The topological polar surface area (TPSA) is 59.2 Å². The highest BCUT2D eigenvalue weighted by atomic mass is 35.5. The molecule has 0 spiro atoms. The molecule has 138 valence electrons. The van der Waals surface area contributed by atoms with E-state index < -0.39 is 0 Å². The first-order valence-corrected chi connectivity index (χ1v) is 9.12. The molecule has 1 amide bonds. The molecule has 1 fully saturated rings. The molecule has 0 N–H and O–H groups in total. The molecule has 27 heavy (non-hydrogen) atoms. The Morgan fingerprint density at radius 1 is 1.22 bits per heavy atom. The van der Waals surface area contributed by atoms with Crippen LogP contribution in [0.1, 0.15) is 30.3 Å². The average molecular weight is 386 g/mol. The van der Waals surface area contributed by atoms with Crippen LogP contribution in [-0.4, -0.2) is 27.5 Å². The third kappa shape index (κ3) is 3.71. The van der Waals surface area contributed by atoms with Crippen molar-refractivity contribution in [3.8, 4) is 11.4 Å². The van der Waals surface area contributed by atoms with Crippen LogP contribution in [0.3, 0.4) is 0 Å². The zero-order chi connectivity index (χ0) is 18.8. The van der Waals surface area contributed by atoms with E-state index in [1.807, 2.05) is 18.2 Å². The van der Waals surface area contributed by atoms with Gasteiger partial charge in [0.05, 0.1) is 6.42 Å². The van der Waals surface area contributed by atoms with Gasteiger partial charge in [-0.15, -0.1) is 0 Å². The second-order valence-electron chi connectivity index (χ2n) is 6.48. The number of hydrogen-bond donors (Lipinski definition) is 0. The Bertz CT molecular complexity index is 958. The van der Waals surface area contributed by atoms with E-state index in [-0.39, 0.29) is 24.2 Å². The minimum Gasteiger partial charge on any atom is -0.337 e. The Morgan fingerprint density at radius 3 is 2.78 bits per heavy atom. The van der Waals surface area contributed by atoms with Gasteiger partial charge >= 0.3 is 0 Å². The van der Waals surface area contributed by atoms with Crippen molar-refractivity contribution >= 4 is 17.5 Å². The van der Waals surface area contributed by atoms with Gasteiger partial charge < -0.3 is 9.42 Å². The highest BCUT2D eigenvalue weighted by molar-refractivity contribution is 6.31. The molecule has 7 heteroatoms. The van der Waals surface area contributed by atoms with Crippen LogP contribution < -0.4 is 0 Å². The number of carbonyl (C=O) groups is 1. The number of halogens is 2. The summed E-state index contributed by atoms with van der Waals surface area (Å²) in [5, 5.41) is 4.57. The predicted molar refractivity (Wildman–Crippen MR) is 98.5 cm³/mol. The number of benzene rings is 2. The van der Waals surface area contributed by atoms with E-state index >= 15 is 0 Å². The highest BCUT2D eigenvalue weighted by Gasteiger charge is 2.34. The summed E-state index contributed by atoms with van der Waals surface area (Å²) in [4.78, 5) is 19.0. The molecule has 0 radical (unpaired) electrons. The van der Waals surface area contributed by atoms with Crippen LogP contribution >= 0.6 is 11.6 Å². The minimum atomic E-state index is -0.324. The van der Waals surface area contributed by atoms with Gasteiger partial charge in [0.25, 0.3) is 0 Å². The van der Waals surface area contributed by atoms with E-state index in [4.69, 9.17) is 16.1 Å². The summed E-state index contributed by atoms with van der Waals surface area (Å²) in [5.41, 5.74) is 1.46. The lowest BCUT2D eigenvalue weighted by Gasteiger charge is -2.22. The SMILES string of the molecule is O=C(Cc1ccccc1Cl)N1CCC[C@H]1c1nc(-c2ccc(F)cc2)no1. The molecule has 1 aliphatic heterocycles. The molecule has 0 unspecified atom stereocenters. The zero-order valence-corrected chi connectivity index (χ0v) is 15.2. The second-order valence-corrected chi connectivity index (χ2v) is 6.88. The zero-order valence-electron chi connectivity index (χ0n) is 14.4. The Balaban J connectivity index is 1.52. The second kappa shape index (κ2) is 7.48. The van der Waals surface area contributed by atoms with Gasteiger partial charge in [0.1, 0.15) is 11.9 Å². The largest absolute Gasteiger partial charge is 0.337 e.